The Labute approximate surface area is 175 Å². The Morgan fingerprint density at radius 2 is 1.70 bits per heavy atom. The number of benzene rings is 3. The summed E-state index contributed by atoms with van der Waals surface area (Å²) in [4.78, 5) is 18.8. The number of nitrogens with one attached hydrogen (secondary N) is 1. The monoisotopic (exact) mass is 396 g/mol. The molecule has 1 aliphatic rings. The Bertz CT molecular complexity index is 1220. The molecule has 0 saturated carbocycles. The van der Waals surface area contributed by atoms with Gasteiger partial charge in [0.05, 0.1) is 11.7 Å². The first-order valence-electron chi connectivity index (χ1n) is 10.4. The molecule has 0 aliphatic carbocycles. The van der Waals surface area contributed by atoms with Gasteiger partial charge >= 0.3 is 0 Å². The molecule has 1 amide bonds. The van der Waals surface area contributed by atoms with Crippen LogP contribution in [0, 0.1) is 6.92 Å². The number of aliphatic hydroxyl groups is 1. The molecule has 4 heteroatoms. The van der Waals surface area contributed by atoms with Gasteiger partial charge < -0.3 is 15.0 Å². The summed E-state index contributed by atoms with van der Waals surface area (Å²) in [7, 11) is 0. The quantitative estimate of drug-likeness (QED) is 0.495. The number of carbonyl (C=O) groups excluding carboxylic acids is 1. The third-order valence-electron chi connectivity index (χ3n) is 5.98. The maximum Gasteiger partial charge on any atom is 0.255 e. The van der Waals surface area contributed by atoms with E-state index in [1.807, 2.05) is 35.2 Å². The second kappa shape index (κ2) is 7.47. The number of amides is 1. The normalized spacial score (nSPS) is 15.7. The van der Waals surface area contributed by atoms with Gasteiger partial charge in [0.1, 0.15) is 0 Å². The second-order valence-electron chi connectivity index (χ2n) is 7.89. The Balaban J connectivity index is 1.77. The highest BCUT2D eigenvalue weighted by atomic mass is 16.3. The summed E-state index contributed by atoms with van der Waals surface area (Å²) < 4.78 is 0. The van der Waals surface area contributed by atoms with Gasteiger partial charge in [-0.15, -0.1) is 0 Å². The van der Waals surface area contributed by atoms with Gasteiger partial charge in [-0.2, -0.15) is 0 Å². The molecule has 2 N–H and O–H groups in total. The number of aryl methyl sites for hydroxylation is 1. The topological polar surface area (TPSA) is 56.3 Å². The van der Waals surface area contributed by atoms with Crippen molar-refractivity contribution in [2.75, 3.05) is 13.2 Å². The lowest BCUT2D eigenvalue weighted by molar-refractivity contribution is 0.0739. The SMILES string of the molecule is Cc1ccc(-c2[nH]c3ccccc3c2[C@H]2c3ccccc3C(=O)N2CCCO)cc1. The predicted molar refractivity (Wildman–Crippen MR) is 119 cm³/mol. The van der Waals surface area contributed by atoms with Crippen molar-refractivity contribution in [2.24, 2.45) is 0 Å². The van der Waals surface area contributed by atoms with Gasteiger partial charge in [-0.05, 0) is 36.6 Å². The number of H-pyrrole nitrogens is 1. The van der Waals surface area contributed by atoms with Crippen LogP contribution in [-0.4, -0.2) is 34.0 Å². The summed E-state index contributed by atoms with van der Waals surface area (Å²) in [6, 6.07) is 24.4. The highest BCUT2D eigenvalue weighted by Gasteiger charge is 2.39. The molecule has 5 rings (SSSR count). The van der Waals surface area contributed by atoms with Gasteiger partial charge in [0, 0.05) is 35.2 Å². The smallest absolute Gasteiger partial charge is 0.255 e. The number of aromatic amines is 1. The lowest BCUT2D eigenvalue weighted by Crippen LogP contribution is -2.30. The fourth-order valence-corrected chi connectivity index (χ4v) is 4.55. The Morgan fingerprint density at radius 3 is 2.50 bits per heavy atom. The average Bonchev–Trinajstić information content (AvgIpc) is 3.28. The van der Waals surface area contributed by atoms with E-state index in [9.17, 15) is 9.90 Å². The molecule has 4 nitrogen and oxygen atoms in total. The molecular formula is C26H24N2O2. The molecule has 0 bridgehead atoms. The predicted octanol–water partition coefficient (Wildman–Crippen LogP) is 5.07. The van der Waals surface area contributed by atoms with E-state index in [1.165, 1.54) is 5.56 Å². The molecule has 1 aromatic heterocycles. The lowest BCUT2D eigenvalue weighted by atomic mass is 9.93. The number of nitrogens with zero attached hydrogens (tertiary/aromatic N) is 1. The van der Waals surface area contributed by atoms with Crippen LogP contribution in [0.5, 0.6) is 0 Å². The lowest BCUT2D eigenvalue weighted by Gasteiger charge is -2.26. The van der Waals surface area contributed by atoms with Crippen molar-refractivity contribution in [3.63, 3.8) is 0 Å². The molecule has 1 aliphatic heterocycles. The highest BCUT2D eigenvalue weighted by molar-refractivity contribution is 6.02. The third kappa shape index (κ3) is 2.92. The first-order chi connectivity index (χ1) is 14.7. The van der Waals surface area contributed by atoms with Crippen LogP contribution in [0.1, 0.15) is 39.5 Å². The molecule has 0 saturated heterocycles. The minimum absolute atomic E-state index is 0.0317. The van der Waals surface area contributed by atoms with Crippen molar-refractivity contribution in [1.29, 1.82) is 0 Å². The van der Waals surface area contributed by atoms with Crippen molar-refractivity contribution in [3.8, 4) is 11.3 Å². The van der Waals surface area contributed by atoms with E-state index in [2.05, 4.69) is 54.4 Å². The molecule has 3 aromatic carbocycles. The Morgan fingerprint density at radius 1 is 0.967 bits per heavy atom. The average molecular weight is 396 g/mol. The van der Waals surface area contributed by atoms with E-state index in [1.54, 1.807) is 0 Å². The van der Waals surface area contributed by atoms with Gasteiger partial charge in [-0.25, -0.2) is 0 Å². The van der Waals surface area contributed by atoms with Crippen LogP contribution in [-0.2, 0) is 0 Å². The van der Waals surface area contributed by atoms with Crippen molar-refractivity contribution in [1.82, 2.24) is 9.88 Å². The maximum absolute atomic E-state index is 13.3. The standard InChI is InChI=1S/C26H24N2O2/c1-17-11-13-18(14-12-17)24-23(21-9-4-5-10-22(21)27-24)25-19-7-2-3-8-20(19)26(30)28(25)15-6-16-29/h2-5,7-14,25,27,29H,6,15-16H2,1H3/t25-/m1/s1. The second-order valence-corrected chi connectivity index (χ2v) is 7.89. The van der Waals surface area contributed by atoms with Gasteiger partial charge in [0.25, 0.3) is 5.91 Å². The van der Waals surface area contributed by atoms with Crippen molar-refractivity contribution < 1.29 is 9.90 Å². The fourth-order valence-electron chi connectivity index (χ4n) is 4.55. The summed E-state index contributed by atoms with van der Waals surface area (Å²) in [5.41, 5.74) is 7.31. The van der Waals surface area contributed by atoms with Crippen LogP contribution in [0.4, 0.5) is 0 Å². The number of rotatable bonds is 5. The molecule has 0 spiro atoms. The van der Waals surface area contributed by atoms with E-state index >= 15 is 0 Å². The summed E-state index contributed by atoms with van der Waals surface area (Å²) in [5.74, 6) is 0.0317. The van der Waals surface area contributed by atoms with Crippen LogP contribution in [0.15, 0.2) is 72.8 Å². The first kappa shape index (κ1) is 18.6. The van der Waals surface area contributed by atoms with Crippen LogP contribution < -0.4 is 0 Å². The van der Waals surface area contributed by atoms with Crippen molar-refractivity contribution in [2.45, 2.75) is 19.4 Å². The number of fused-ring (bicyclic) bond motifs is 2. The zero-order valence-corrected chi connectivity index (χ0v) is 16.9. The number of aliphatic hydroxyl groups excluding tert-OH is 1. The number of hydrogen-bond acceptors (Lipinski definition) is 2. The largest absolute Gasteiger partial charge is 0.396 e. The third-order valence-corrected chi connectivity index (χ3v) is 5.98. The van der Waals surface area contributed by atoms with E-state index in [-0.39, 0.29) is 18.6 Å². The molecule has 0 radical (unpaired) electrons. The minimum atomic E-state index is -0.187. The van der Waals surface area contributed by atoms with Gasteiger partial charge in [0.15, 0.2) is 0 Å². The molecule has 0 unspecified atom stereocenters. The van der Waals surface area contributed by atoms with E-state index in [0.29, 0.717) is 13.0 Å². The van der Waals surface area contributed by atoms with E-state index < -0.39 is 0 Å². The van der Waals surface area contributed by atoms with E-state index in [4.69, 9.17) is 0 Å². The first-order valence-corrected chi connectivity index (χ1v) is 10.4. The van der Waals surface area contributed by atoms with Crippen molar-refractivity contribution in [3.05, 3.63) is 95.1 Å². The molecule has 150 valence electrons. The van der Waals surface area contributed by atoms with Gasteiger partial charge in [0.2, 0.25) is 0 Å². The molecular weight excluding hydrogens is 372 g/mol. The van der Waals surface area contributed by atoms with E-state index in [0.717, 1.165) is 38.9 Å². The number of carbonyl (C=O) groups is 1. The maximum atomic E-state index is 13.3. The van der Waals surface area contributed by atoms with Crippen LogP contribution in [0.2, 0.25) is 0 Å². The zero-order valence-electron chi connectivity index (χ0n) is 16.9. The number of hydrogen-bond donors (Lipinski definition) is 2. The highest BCUT2D eigenvalue weighted by Crippen LogP contribution is 2.45. The van der Waals surface area contributed by atoms with Crippen LogP contribution >= 0.6 is 0 Å². The summed E-state index contributed by atoms with van der Waals surface area (Å²) in [6.45, 7) is 2.66. The Hall–Kier alpha value is -3.37. The van der Waals surface area contributed by atoms with Crippen LogP contribution in [0.3, 0.4) is 0 Å². The van der Waals surface area contributed by atoms with Gasteiger partial charge in [-0.1, -0.05) is 66.2 Å². The molecule has 30 heavy (non-hydrogen) atoms. The molecule has 2 heterocycles. The van der Waals surface area contributed by atoms with Crippen molar-refractivity contribution >= 4 is 16.8 Å². The molecule has 1 atom stereocenters. The molecule has 4 aromatic rings. The molecule has 0 fully saturated rings. The fraction of sp³-hybridized carbons (Fsp3) is 0.192. The Kier molecular flexibility index (Phi) is 4.64. The number of aromatic nitrogens is 1. The number of para-hydroxylation sites is 1. The minimum Gasteiger partial charge on any atom is -0.396 e. The zero-order chi connectivity index (χ0) is 20.7. The summed E-state index contributed by atoms with van der Waals surface area (Å²) in [6.07, 6.45) is 0.554. The van der Waals surface area contributed by atoms with Crippen LogP contribution in [0.25, 0.3) is 22.2 Å². The summed E-state index contributed by atoms with van der Waals surface area (Å²) in [5, 5.41) is 10.6. The van der Waals surface area contributed by atoms with Gasteiger partial charge in [-0.3, -0.25) is 4.79 Å². The summed E-state index contributed by atoms with van der Waals surface area (Å²) >= 11 is 0.